The highest BCUT2D eigenvalue weighted by Crippen LogP contribution is 2.48. The van der Waals surface area contributed by atoms with E-state index in [9.17, 15) is 0 Å². The van der Waals surface area contributed by atoms with Gasteiger partial charge in [0.25, 0.3) is 0 Å². The van der Waals surface area contributed by atoms with Crippen molar-refractivity contribution in [1.29, 1.82) is 0 Å². The molecule has 0 saturated heterocycles. The maximum absolute atomic E-state index is 2.69. The molecule has 0 spiro atoms. The Hall–Kier alpha value is -7.03. The van der Waals surface area contributed by atoms with Gasteiger partial charge in [-0.1, -0.05) is 149 Å². The lowest BCUT2D eigenvalue weighted by molar-refractivity contribution is 1.21. The van der Waals surface area contributed by atoms with Gasteiger partial charge in [-0.25, -0.2) is 0 Å². The van der Waals surface area contributed by atoms with E-state index in [2.05, 4.69) is 169 Å². The average molecular weight is 728 g/mol. The van der Waals surface area contributed by atoms with Gasteiger partial charge in [-0.2, -0.15) is 0 Å². The molecule has 0 aliphatic carbocycles. The second-order valence-electron chi connectivity index (χ2n) is 17.6. The number of nitrogens with zero attached hydrogens (tertiary/aromatic N) is 2. The third kappa shape index (κ3) is 2.96. The van der Waals surface area contributed by atoms with Crippen molar-refractivity contribution in [3.05, 3.63) is 157 Å². The van der Waals surface area contributed by atoms with E-state index in [0.717, 1.165) is 0 Å². The van der Waals surface area contributed by atoms with E-state index in [4.69, 9.17) is 0 Å². The summed E-state index contributed by atoms with van der Waals surface area (Å²) in [6, 6.07) is 56.8. The van der Waals surface area contributed by atoms with Gasteiger partial charge in [-0.05, 0) is 97.7 Å². The zero-order valence-electron chi connectivity index (χ0n) is 31.9. The Labute approximate surface area is 334 Å². The van der Waals surface area contributed by atoms with Gasteiger partial charge in [0, 0.05) is 54.7 Å². The van der Waals surface area contributed by atoms with E-state index in [1.807, 2.05) is 0 Å². The molecule has 6 heterocycles. The number of hydrogen-bond acceptors (Lipinski definition) is 0. The number of aromatic nitrogens is 2. The average Bonchev–Trinajstić information content (AvgIpc) is 3.98. The van der Waals surface area contributed by atoms with Crippen molar-refractivity contribution in [2.24, 2.45) is 0 Å². The smallest absolute Gasteiger partial charge is 0.249 e. The fourth-order valence-corrected chi connectivity index (χ4v) is 13.0. The Bertz CT molecular complexity index is 4010. The van der Waals surface area contributed by atoms with E-state index >= 15 is 0 Å². The first kappa shape index (κ1) is 29.2. The monoisotopic (exact) mass is 728 g/mol. The molecule has 262 valence electrons. The second kappa shape index (κ2) is 9.39. The molecular formula is C54H30B2N2. The summed E-state index contributed by atoms with van der Waals surface area (Å²) in [5, 5.41) is 13.6. The number of hydrogen-bond donors (Lipinski definition) is 0. The van der Waals surface area contributed by atoms with Crippen LogP contribution in [0.5, 0.6) is 0 Å². The minimum absolute atomic E-state index is 0.136. The van der Waals surface area contributed by atoms with Crippen molar-refractivity contribution in [2.75, 3.05) is 0 Å². The zero-order valence-corrected chi connectivity index (χ0v) is 31.9. The first-order valence-electron chi connectivity index (χ1n) is 20.8. The summed E-state index contributed by atoms with van der Waals surface area (Å²) in [6.45, 7) is 4.75. The standard InChI is InChI=1S/C54H30B2N2/c1-27-17-23-42-39(25-27)32-20-22-34-40-26-28(2)18-24-44(40)58-52(34)48(32)56(42)50-36-12-8-13-37-46(36)45-35(11-7-14-38(45)54(50)58)49-53(37)57-43-16-6-4-10-30(43)33-21-19-31-29-9-3-5-15-41(29)55(49)47(31)51(33)57/h3-26H,1-2H3. The van der Waals surface area contributed by atoms with Gasteiger partial charge in [0.2, 0.25) is 13.4 Å². The topological polar surface area (TPSA) is 9.86 Å². The van der Waals surface area contributed by atoms with Crippen LogP contribution in [0.25, 0.3) is 110 Å². The minimum atomic E-state index is 0.136. The molecule has 58 heavy (non-hydrogen) atoms. The lowest BCUT2D eigenvalue weighted by Crippen LogP contribution is -2.54. The quantitative estimate of drug-likeness (QED) is 0.109. The van der Waals surface area contributed by atoms with Crippen molar-refractivity contribution in [3.63, 3.8) is 0 Å². The van der Waals surface area contributed by atoms with Crippen LogP contribution in [-0.2, 0) is 0 Å². The largest absolute Gasteiger partial charge is 0.310 e. The molecule has 4 heteroatoms. The van der Waals surface area contributed by atoms with Crippen LogP contribution < -0.4 is 32.8 Å². The molecular weight excluding hydrogens is 698 g/mol. The number of rotatable bonds is 0. The first-order chi connectivity index (χ1) is 28.7. The Kier molecular flexibility index (Phi) is 4.73. The zero-order chi connectivity index (χ0) is 37.4. The minimum Gasteiger partial charge on any atom is -0.310 e. The summed E-state index contributed by atoms with van der Waals surface area (Å²) >= 11 is 0. The molecule has 2 aromatic heterocycles. The molecule has 4 aliphatic rings. The van der Waals surface area contributed by atoms with Crippen LogP contribution in [0.15, 0.2) is 146 Å². The van der Waals surface area contributed by atoms with Crippen molar-refractivity contribution < 1.29 is 0 Å². The molecule has 0 atom stereocenters. The summed E-state index contributed by atoms with van der Waals surface area (Å²) in [5.41, 5.74) is 24.9. The van der Waals surface area contributed by atoms with Crippen LogP contribution in [0.2, 0.25) is 0 Å². The Balaban J connectivity index is 1.18. The van der Waals surface area contributed by atoms with Gasteiger partial charge in [0.1, 0.15) is 0 Å². The molecule has 16 rings (SSSR count). The van der Waals surface area contributed by atoms with Crippen molar-refractivity contribution in [2.45, 2.75) is 13.8 Å². The van der Waals surface area contributed by atoms with Gasteiger partial charge in [0.15, 0.2) is 0 Å². The molecule has 0 amide bonds. The molecule has 2 nitrogen and oxygen atoms in total. The van der Waals surface area contributed by atoms with Crippen molar-refractivity contribution in [1.82, 2.24) is 9.13 Å². The second-order valence-corrected chi connectivity index (χ2v) is 17.6. The van der Waals surface area contributed by atoms with Gasteiger partial charge in [-0.3, -0.25) is 0 Å². The summed E-state index contributed by atoms with van der Waals surface area (Å²) in [6.07, 6.45) is 0. The molecule has 0 fully saturated rings. The summed E-state index contributed by atoms with van der Waals surface area (Å²) in [7, 11) is 0. The van der Waals surface area contributed by atoms with Gasteiger partial charge >= 0.3 is 0 Å². The number of benzene rings is 10. The van der Waals surface area contributed by atoms with Gasteiger partial charge in [-0.15, -0.1) is 0 Å². The number of para-hydroxylation sites is 1. The van der Waals surface area contributed by atoms with E-state index in [0.29, 0.717) is 0 Å². The molecule has 4 aliphatic heterocycles. The van der Waals surface area contributed by atoms with Crippen LogP contribution >= 0.6 is 0 Å². The summed E-state index contributed by atoms with van der Waals surface area (Å²) in [4.78, 5) is 0. The SMILES string of the molecule is Cc1ccc2c(c1)-c1ccc3c4cc(C)ccc4n4c3c1B2c1c-4c2cccc3c4c(c5cccc1c5c32)-n1c2ccccc2c2ccc3c(c21)B4c1ccccc1-3. The fraction of sp³-hybridized carbons (Fsp3) is 0.0370. The maximum Gasteiger partial charge on any atom is 0.249 e. The lowest BCUT2D eigenvalue weighted by Gasteiger charge is -2.32. The molecule has 0 unspecified atom stereocenters. The highest BCUT2D eigenvalue weighted by molar-refractivity contribution is 7.04. The molecule has 0 bridgehead atoms. The van der Waals surface area contributed by atoms with Gasteiger partial charge < -0.3 is 9.13 Å². The molecule has 10 aromatic carbocycles. The Morgan fingerprint density at radius 2 is 0.879 bits per heavy atom. The van der Waals surface area contributed by atoms with Crippen LogP contribution in [0.4, 0.5) is 0 Å². The third-order valence-electron chi connectivity index (χ3n) is 15.0. The maximum atomic E-state index is 2.69. The van der Waals surface area contributed by atoms with Crippen molar-refractivity contribution in [3.8, 4) is 33.6 Å². The highest BCUT2D eigenvalue weighted by Gasteiger charge is 2.46. The van der Waals surface area contributed by atoms with Crippen LogP contribution in [0, 0.1) is 13.8 Å². The van der Waals surface area contributed by atoms with Crippen LogP contribution in [-0.4, -0.2) is 22.6 Å². The Morgan fingerprint density at radius 3 is 1.60 bits per heavy atom. The van der Waals surface area contributed by atoms with E-state index in [1.54, 1.807) is 0 Å². The number of aryl methyl sites for hydroxylation is 2. The van der Waals surface area contributed by atoms with Crippen LogP contribution in [0.1, 0.15) is 11.1 Å². The third-order valence-corrected chi connectivity index (χ3v) is 15.0. The lowest BCUT2D eigenvalue weighted by atomic mass is 9.36. The summed E-state index contributed by atoms with van der Waals surface area (Å²) in [5.74, 6) is 0. The fourth-order valence-electron chi connectivity index (χ4n) is 13.0. The molecule has 12 aromatic rings. The summed E-state index contributed by atoms with van der Waals surface area (Å²) < 4.78 is 5.36. The molecule has 0 N–H and O–H groups in total. The number of fused-ring (bicyclic) bond motifs is 22. The van der Waals surface area contributed by atoms with E-state index < -0.39 is 0 Å². The van der Waals surface area contributed by atoms with E-state index in [1.165, 1.54) is 153 Å². The van der Waals surface area contributed by atoms with Crippen molar-refractivity contribution >= 4 is 122 Å². The van der Waals surface area contributed by atoms with Crippen LogP contribution in [0.3, 0.4) is 0 Å². The molecule has 0 radical (unpaired) electrons. The normalized spacial score (nSPS) is 14.0. The van der Waals surface area contributed by atoms with E-state index in [-0.39, 0.29) is 13.4 Å². The van der Waals surface area contributed by atoms with Gasteiger partial charge in [0.05, 0.1) is 11.0 Å². The highest BCUT2D eigenvalue weighted by atomic mass is 15.0. The molecule has 0 saturated carbocycles. The first-order valence-corrected chi connectivity index (χ1v) is 20.8. The predicted molar refractivity (Wildman–Crippen MR) is 248 cm³/mol. The predicted octanol–water partition coefficient (Wildman–Crippen LogP) is 9.02. The Morgan fingerprint density at radius 1 is 0.345 bits per heavy atom.